The highest BCUT2D eigenvalue weighted by Gasteiger charge is 2.47. The van der Waals surface area contributed by atoms with Crippen LogP contribution in [0.4, 0.5) is 4.39 Å². The Morgan fingerprint density at radius 3 is 2.72 bits per heavy atom. The highest BCUT2D eigenvalue weighted by molar-refractivity contribution is 7.99. The molecule has 1 aliphatic carbocycles. The predicted molar refractivity (Wildman–Crippen MR) is 120 cm³/mol. The van der Waals surface area contributed by atoms with Crippen LogP contribution in [-0.4, -0.2) is 42.9 Å². The number of rotatable bonds is 7. The van der Waals surface area contributed by atoms with E-state index >= 15 is 0 Å². The molecule has 0 aromatic heterocycles. The molecule has 0 fully saturated rings. The summed E-state index contributed by atoms with van der Waals surface area (Å²) in [5.74, 6) is -2.59. The van der Waals surface area contributed by atoms with E-state index in [0.717, 1.165) is 5.75 Å². The fraction of sp³-hybridized carbons (Fsp3) is 0.458. The van der Waals surface area contributed by atoms with Crippen LogP contribution in [0.15, 0.2) is 46.8 Å². The fourth-order valence-electron chi connectivity index (χ4n) is 4.39. The first-order chi connectivity index (χ1) is 15.3. The molecule has 172 valence electrons. The summed E-state index contributed by atoms with van der Waals surface area (Å²) < 4.78 is 24.5. The van der Waals surface area contributed by atoms with Gasteiger partial charge in [0, 0.05) is 28.6 Å². The van der Waals surface area contributed by atoms with Crippen molar-refractivity contribution in [2.45, 2.75) is 33.1 Å². The van der Waals surface area contributed by atoms with Crippen LogP contribution < -0.4 is 5.32 Å². The van der Waals surface area contributed by atoms with Gasteiger partial charge in [0.05, 0.1) is 12.7 Å². The van der Waals surface area contributed by atoms with Crippen molar-refractivity contribution in [3.05, 3.63) is 58.2 Å². The molecule has 0 bridgehead atoms. The molecule has 0 radical (unpaired) electrons. The van der Waals surface area contributed by atoms with Gasteiger partial charge < -0.3 is 14.8 Å². The molecule has 3 atom stereocenters. The number of carbonyl (C=O) groups excluding carboxylic acids is 3. The molecule has 32 heavy (non-hydrogen) atoms. The summed E-state index contributed by atoms with van der Waals surface area (Å²) in [7, 11) is 1.25. The maximum atomic E-state index is 14.2. The van der Waals surface area contributed by atoms with E-state index in [1.807, 2.05) is 13.8 Å². The van der Waals surface area contributed by atoms with E-state index in [4.69, 9.17) is 9.47 Å². The van der Waals surface area contributed by atoms with Gasteiger partial charge in [0.2, 0.25) is 0 Å². The number of hydrogen-bond donors (Lipinski definition) is 1. The number of hydrogen-bond acceptors (Lipinski definition) is 7. The molecular formula is C24H28FNO5S. The van der Waals surface area contributed by atoms with Crippen molar-refractivity contribution in [1.29, 1.82) is 0 Å². The standard InChI is InChI=1S/C24H28FNO5S/c1-5-32-10-9-31-24(29)19-14(3)26-17-11-13(2)18(23(28)30-4)22(27)21(17)20(19)15-7-6-8-16(25)12-15/h6-8,12-13,18,20,26H,5,9-11H2,1-4H3/t13-,18+,20+/m0/s1. The van der Waals surface area contributed by atoms with Gasteiger partial charge in [0.25, 0.3) is 0 Å². The monoisotopic (exact) mass is 461 g/mol. The summed E-state index contributed by atoms with van der Waals surface area (Å²) >= 11 is 1.65. The number of allylic oxidation sites excluding steroid dienone is 3. The van der Waals surface area contributed by atoms with Crippen molar-refractivity contribution in [3.63, 3.8) is 0 Å². The molecule has 0 unspecified atom stereocenters. The number of nitrogens with one attached hydrogen (secondary N) is 1. The summed E-state index contributed by atoms with van der Waals surface area (Å²) in [6, 6.07) is 5.83. The first-order valence-electron chi connectivity index (χ1n) is 10.6. The quantitative estimate of drug-likeness (QED) is 0.376. The van der Waals surface area contributed by atoms with Crippen molar-refractivity contribution in [2.24, 2.45) is 11.8 Å². The third kappa shape index (κ3) is 4.75. The lowest BCUT2D eigenvalue weighted by atomic mass is 9.69. The first kappa shape index (κ1) is 24.0. The summed E-state index contributed by atoms with van der Waals surface area (Å²) in [5, 5.41) is 3.19. The Bertz CT molecular complexity index is 986. The second kappa shape index (κ2) is 10.3. The number of ketones is 1. The van der Waals surface area contributed by atoms with Crippen molar-refractivity contribution >= 4 is 29.5 Å². The number of benzene rings is 1. The lowest BCUT2D eigenvalue weighted by Gasteiger charge is -2.38. The number of Topliss-reactive ketones (excluding diaryl/α,β-unsaturated/α-hetero) is 1. The highest BCUT2D eigenvalue weighted by Crippen LogP contribution is 2.45. The Labute approximate surface area is 191 Å². The van der Waals surface area contributed by atoms with Crippen LogP contribution in [0.1, 0.15) is 38.7 Å². The van der Waals surface area contributed by atoms with Gasteiger partial charge in [0.1, 0.15) is 18.3 Å². The average molecular weight is 462 g/mol. The molecule has 0 saturated heterocycles. The van der Waals surface area contributed by atoms with Crippen molar-refractivity contribution in [2.75, 3.05) is 25.2 Å². The summed E-state index contributed by atoms with van der Waals surface area (Å²) in [5.41, 5.74) is 2.21. The molecule has 1 aromatic carbocycles. The van der Waals surface area contributed by atoms with Crippen LogP contribution in [0.3, 0.4) is 0 Å². The first-order valence-corrected chi connectivity index (χ1v) is 11.8. The molecule has 1 heterocycles. The van der Waals surface area contributed by atoms with Gasteiger partial charge >= 0.3 is 11.9 Å². The molecule has 0 amide bonds. The van der Waals surface area contributed by atoms with E-state index in [2.05, 4.69) is 5.32 Å². The van der Waals surface area contributed by atoms with Gasteiger partial charge in [-0.3, -0.25) is 9.59 Å². The van der Waals surface area contributed by atoms with Crippen LogP contribution in [0.5, 0.6) is 0 Å². The molecule has 1 N–H and O–H groups in total. The number of thioether (sulfide) groups is 1. The van der Waals surface area contributed by atoms with Crippen LogP contribution in [0, 0.1) is 17.7 Å². The topological polar surface area (TPSA) is 81.7 Å². The zero-order valence-electron chi connectivity index (χ0n) is 18.7. The molecule has 0 spiro atoms. The summed E-state index contributed by atoms with van der Waals surface area (Å²) in [6.45, 7) is 5.81. The second-order valence-corrected chi connectivity index (χ2v) is 9.32. The number of carbonyl (C=O) groups is 3. The maximum absolute atomic E-state index is 14.2. The van der Waals surface area contributed by atoms with E-state index < -0.39 is 35.4 Å². The average Bonchev–Trinajstić information content (AvgIpc) is 2.75. The Kier molecular flexibility index (Phi) is 7.77. The van der Waals surface area contributed by atoms with Crippen molar-refractivity contribution < 1.29 is 28.2 Å². The Morgan fingerprint density at radius 1 is 1.31 bits per heavy atom. The van der Waals surface area contributed by atoms with E-state index in [1.54, 1.807) is 24.8 Å². The number of esters is 2. The van der Waals surface area contributed by atoms with E-state index in [1.165, 1.54) is 25.3 Å². The van der Waals surface area contributed by atoms with Gasteiger partial charge in [-0.05, 0) is 42.7 Å². The van der Waals surface area contributed by atoms with Gasteiger partial charge in [-0.15, -0.1) is 0 Å². The lowest BCUT2D eigenvalue weighted by Crippen LogP contribution is -2.43. The molecule has 1 aliphatic heterocycles. The molecule has 1 aromatic rings. The van der Waals surface area contributed by atoms with Crippen LogP contribution >= 0.6 is 11.8 Å². The van der Waals surface area contributed by atoms with Gasteiger partial charge in [-0.1, -0.05) is 26.0 Å². The lowest BCUT2D eigenvalue weighted by molar-refractivity contribution is -0.151. The van der Waals surface area contributed by atoms with Crippen LogP contribution in [0.25, 0.3) is 0 Å². The van der Waals surface area contributed by atoms with Crippen molar-refractivity contribution in [3.8, 4) is 0 Å². The number of methoxy groups -OCH3 is 1. The minimum Gasteiger partial charge on any atom is -0.468 e. The highest BCUT2D eigenvalue weighted by atomic mass is 32.2. The van der Waals surface area contributed by atoms with Gasteiger partial charge in [-0.2, -0.15) is 11.8 Å². The zero-order chi connectivity index (χ0) is 23.4. The molecular weight excluding hydrogens is 433 g/mol. The van der Waals surface area contributed by atoms with E-state index in [-0.39, 0.29) is 18.1 Å². The second-order valence-electron chi connectivity index (χ2n) is 7.92. The molecule has 0 saturated carbocycles. The smallest absolute Gasteiger partial charge is 0.336 e. The van der Waals surface area contributed by atoms with Gasteiger partial charge in [-0.25, -0.2) is 9.18 Å². The fourth-order valence-corrected chi connectivity index (χ4v) is 4.88. The van der Waals surface area contributed by atoms with E-state index in [0.29, 0.717) is 34.7 Å². The predicted octanol–water partition coefficient (Wildman–Crippen LogP) is 3.74. The number of ether oxygens (including phenoxy) is 2. The Hall–Kier alpha value is -2.61. The minimum atomic E-state index is -0.978. The summed E-state index contributed by atoms with van der Waals surface area (Å²) in [6.07, 6.45) is 0.430. The molecule has 8 heteroatoms. The van der Waals surface area contributed by atoms with Crippen molar-refractivity contribution in [1.82, 2.24) is 5.32 Å². The third-order valence-corrected chi connectivity index (χ3v) is 6.67. The molecule has 6 nitrogen and oxygen atoms in total. The van der Waals surface area contributed by atoms with Gasteiger partial charge in [0.15, 0.2) is 5.78 Å². The third-order valence-electron chi connectivity index (χ3n) is 5.81. The summed E-state index contributed by atoms with van der Waals surface area (Å²) in [4.78, 5) is 39.0. The Morgan fingerprint density at radius 2 is 2.06 bits per heavy atom. The Balaban J connectivity index is 2.07. The van der Waals surface area contributed by atoms with Crippen LogP contribution in [0.2, 0.25) is 0 Å². The van der Waals surface area contributed by atoms with Crippen LogP contribution in [-0.2, 0) is 23.9 Å². The largest absolute Gasteiger partial charge is 0.468 e. The normalized spacial score (nSPS) is 22.9. The van der Waals surface area contributed by atoms with E-state index in [9.17, 15) is 18.8 Å². The number of halogens is 1. The number of dihydropyridines is 1. The molecule has 3 rings (SSSR count). The minimum absolute atomic E-state index is 0.228. The molecule has 2 aliphatic rings. The SMILES string of the molecule is CCSCCOC(=O)C1=C(C)NC2=C(C(=O)[C@H](C(=O)OC)[C@@H](C)C2)[C@@H]1c1cccc(F)c1. The maximum Gasteiger partial charge on any atom is 0.336 e. The zero-order valence-corrected chi connectivity index (χ0v) is 19.5.